The van der Waals surface area contributed by atoms with Crippen LogP contribution in [0.5, 0.6) is 5.75 Å². The number of aldehydes is 1. The summed E-state index contributed by atoms with van der Waals surface area (Å²) in [6.07, 6.45) is 0.838. The van der Waals surface area contributed by atoms with Gasteiger partial charge in [0.1, 0.15) is 23.0 Å². The Morgan fingerprint density at radius 3 is 2.64 bits per heavy atom. The maximum atomic E-state index is 13.3. The van der Waals surface area contributed by atoms with Crippen LogP contribution >= 0.6 is 11.8 Å². The number of amides is 1. The number of ether oxygens (including phenoxy) is 2. The predicted molar refractivity (Wildman–Crippen MR) is 156 cm³/mol. The summed E-state index contributed by atoms with van der Waals surface area (Å²) in [6, 6.07) is 10.2. The molecule has 1 unspecified atom stereocenters. The molecule has 0 saturated carbocycles. The first kappa shape index (κ1) is 31.4. The molecule has 0 radical (unpaired) electrons. The molecule has 4 rings (SSSR count). The second-order valence-electron chi connectivity index (χ2n) is 9.69. The molecule has 1 saturated heterocycles. The molecule has 1 fully saturated rings. The number of rotatable bonds is 14. The quantitative estimate of drug-likeness (QED) is 0.178. The fraction of sp³-hybridized carbons (Fsp3) is 0.407. The van der Waals surface area contributed by atoms with Gasteiger partial charge in [-0.25, -0.2) is 18.1 Å². The summed E-state index contributed by atoms with van der Waals surface area (Å²) in [4.78, 5) is 41.5. The molecule has 2 heterocycles. The average Bonchev–Trinajstić information content (AvgIpc) is 3.30. The number of aromatic nitrogens is 2. The van der Waals surface area contributed by atoms with Crippen LogP contribution < -0.4 is 14.8 Å². The van der Waals surface area contributed by atoms with Crippen molar-refractivity contribution in [3.8, 4) is 5.75 Å². The fourth-order valence-corrected chi connectivity index (χ4v) is 6.39. The molecule has 0 spiro atoms. The van der Waals surface area contributed by atoms with Gasteiger partial charge in [-0.1, -0.05) is 23.9 Å². The standard InChI is InChI=1S/C27H33N5O8S2/c1-18(15-32-22-6-4-3-5-21(22)29-27(32)41-2)40-23-13-19(28-25(34)16-31-9-11-39-12-10-31)7-8-24(23)42(37,38)30-20(17-33)14-26(35)36/h3-8,13,17-18,20,30H,9-12,14-16H2,1-2H3,(H,28,34)(H,35,36)/t18-,20?/m1/s1. The van der Waals surface area contributed by atoms with E-state index >= 15 is 0 Å². The van der Waals surface area contributed by atoms with Gasteiger partial charge in [0.15, 0.2) is 5.16 Å². The van der Waals surface area contributed by atoms with Crippen LogP contribution in [0, 0.1) is 0 Å². The monoisotopic (exact) mass is 619 g/mol. The lowest BCUT2D eigenvalue weighted by Gasteiger charge is -2.26. The lowest BCUT2D eigenvalue weighted by Crippen LogP contribution is -2.41. The van der Waals surface area contributed by atoms with Gasteiger partial charge in [-0.2, -0.15) is 0 Å². The van der Waals surface area contributed by atoms with Crippen LogP contribution in [0.4, 0.5) is 5.69 Å². The number of sulfonamides is 1. The number of anilines is 1. The van der Waals surface area contributed by atoms with E-state index in [0.717, 1.165) is 16.2 Å². The number of morpholine rings is 1. The van der Waals surface area contributed by atoms with E-state index in [-0.39, 0.29) is 29.4 Å². The highest BCUT2D eigenvalue weighted by molar-refractivity contribution is 7.98. The van der Waals surface area contributed by atoms with E-state index in [1.807, 2.05) is 40.0 Å². The molecule has 42 heavy (non-hydrogen) atoms. The Kier molecular flexibility index (Phi) is 10.6. The van der Waals surface area contributed by atoms with Crippen LogP contribution in [0.15, 0.2) is 52.5 Å². The van der Waals surface area contributed by atoms with Crippen molar-refractivity contribution in [2.75, 3.05) is 44.4 Å². The van der Waals surface area contributed by atoms with Crippen LogP contribution in [0.3, 0.4) is 0 Å². The lowest BCUT2D eigenvalue weighted by molar-refractivity contribution is -0.138. The van der Waals surface area contributed by atoms with Crippen LogP contribution in [0.25, 0.3) is 11.0 Å². The molecule has 13 nitrogen and oxygen atoms in total. The van der Waals surface area contributed by atoms with E-state index in [0.29, 0.717) is 38.5 Å². The minimum atomic E-state index is -4.40. The van der Waals surface area contributed by atoms with E-state index in [4.69, 9.17) is 14.6 Å². The fourth-order valence-electron chi connectivity index (χ4n) is 4.53. The number of imidazole rings is 1. The molecule has 0 aliphatic carbocycles. The summed E-state index contributed by atoms with van der Waals surface area (Å²) in [6.45, 7) is 4.56. The van der Waals surface area contributed by atoms with Crippen LogP contribution in [-0.2, 0) is 35.7 Å². The van der Waals surface area contributed by atoms with Crippen molar-refractivity contribution >= 4 is 56.7 Å². The molecule has 2 atom stereocenters. The summed E-state index contributed by atoms with van der Waals surface area (Å²) in [5, 5.41) is 12.6. The Balaban J connectivity index is 1.61. The topological polar surface area (TPSA) is 169 Å². The zero-order chi connectivity index (χ0) is 30.3. The number of hydrogen-bond donors (Lipinski definition) is 3. The molecular weight excluding hydrogens is 586 g/mol. The molecule has 1 aromatic heterocycles. The number of fused-ring (bicyclic) bond motifs is 1. The van der Waals surface area contributed by atoms with E-state index in [1.54, 1.807) is 6.92 Å². The van der Waals surface area contributed by atoms with Crippen molar-refractivity contribution in [1.29, 1.82) is 0 Å². The number of carboxylic acid groups (broad SMARTS) is 1. The number of nitrogens with one attached hydrogen (secondary N) is 2. The number of para-hydroxylation sites is 2. The molecule has 0 bridgehead atoms. The maximum Gasteiger partial charge on any atom is 0.305 e. The molecule has 2 aromatic carbocycles. The minimum absolute atomic E-state index is 0.0748. The summed E-state index contributed by atoms with van der Waals surface area (Å²) >= 11 is 1.46. The van der Waals surface area contributed by atoms with Crippen LogP contribution in [0.1, 0.15) is 13.3 Å². The third kappa shape index (κ3) is 8.07. The Labute approximate surface area is 247 Å². The molecule has 3 N–H and O–H groups in total. The number of carbonyl (C=O) groups excluding carboxylic acids is 2. The zero-order valence-electron chi connectivity index (χ0n) is 23.2. The highest BCUT2D eigenvalue weighted by Crippen LogP contribution is 2.30. The summed E-state index contributed by atoms with van der Waals surface area (Å²) in [5.41, 5.74) is 2.01. The molecule has 15 heteroatoms. The van der Waals surface area contributed by atoms with Crippen molar-refractivity contribution in [1.82, 2.24) is 19.2 Å². The van der Waals surface area contributed by atoms with Gasteiger partial charge in [0.25, 0.3) is 0 Å². The minimum Gasteiger partial charge on any atom is -0.487 e. The number of nitrogens with zero attached hydrogens (tertiary/aromatic N) is 3. The molecule has 1 aliphatic heterocycles. The molecule has 1 aliphatic rings. The molecule has 1 amide bonds. The van der Waals surface area contributed by atoms with Crippen molar-refractivity contribution in [3.05, 3.63) is 42.5 Å². The number of aliphatic carboxylic acids is 1. The number of carbonyl (C=O) groups is 3. The molecule has 226 valence electrons. The summed E-state index contributed by atoms with van der Waals surface area (Å²) in [5.74, 6) is -1.70. The van der Waals surface area contributed by atoms with Gasteiger partial charge in [0.2, 0.25) is 15.9 Å². The first-order valence-corrected chi connectivity index (χ1v) is 15.9. The molecular formula is C27H33N5O8S2. The SMILES string of the molecule is CSc1nc2ccccc2n1C[C@@H](C)Oc1cc(NC(=O)CN2CCOCC2)ccc1S(=O)(=O)NC(C=O)CC(=O)O. The Bertz CT molecular complexity index is 1540. The first-order valence-electron chi connectivity index (χ1n) is 13.2. The zero-order valence-corrected chi connectivity index (χ0v) is 24.8. The number of hydrogen-bond acceptors (Lipinski definition) is 10. The molecule has 3 aromatic rings. The van der Waals surface area contributed by atoms with Gasteiger partial charge in [-0.05, 0) is 37.4 Å². The van der Waals surface area contributed by atoms with Gasteiger partial charge < -0.3 is 29.3 Å². The van der Waals surface area contributed by atoms with E-state index < -0.39 is 34.6 Å². The summed E-state index contributed by atoms with van der Waals surface area (Å²) < 4.78 is 42.2. The number of thioether (sulfide) groups is 1. The van der Waals surface area contributed by atoms with Crippen LogP contribution in [-0.4, -0.2) is 97.4 Å². The number of benzene rings is 2. The average molecular weight is 620 g/mol. The lowest BCUT2D eigenvalue weighted by atomic mass is 10.2. The summed E-state index contributed by atoms with van der Waals surface area (Å²) in [7, 11) is -4.40. The highest BCUT2D eigenvalue weighted by Gasteiger charge is 2.27. The third-order valence-corrected chi connectivity index (χ3v) is 8.63. The smallest absolute Gasteiger partial charge is 0.305 e. The van der Waals surface area contributed by atoms with E-state index in [2.05, 4.69) is 15.0 Å². The van der Waals surface area contributed by atoms with Gasteiger partial charge in [-0.3, -0.25) is 14.5 Å². The predicted octanol–water partition coefficient (Wildman–Crippen LogP) is 1.82. The van der Waals surface area contributed by atoms with Crippen molar-refractivity contribution in [2.24, 2.45) is 0 Å². The Morgan fingerprint density at radius 2 is 1.95 bits per heavy atom. The first-order chi connectivity index (χ1) is 20.1. The van der Waals surface area contributed by atoms with Crippen molar-refractivity contribution in [3.63, 3.8) is 0 Å². The second kappa shape index (κ2) is 14.1. The van der Waals surface area contributed by atoms with Gasteiger partial charge in [0, 0.05) is 24.8 Å². The van der Waals surface area contributed by atoms with Crippen molar-refractivity contribution in [2.45, 2.75) is 42.1 Å². The second-order valence-corrected chi connectivity index (χ2v) is 12.1. The van der Waals surface area contributed by atoms with Gasteiger partial charge in [0.05, 0.1) is 49.8 Å². The van der Waals surface area contributed by atoms with Crippen LogP contribution in [0.2, 0.25) is 0 Å². The Hall–Kier alpha value is -3.50. The van der Waals surface area contributed by atoms with Gasteiger partial charge in [-0.15, -0.1) is 0 Å². The third-order valence-electron chi connectivity index (χ3n) is 6.42. The van der Waals surface area contributed by atoms with Gasteiger partial charge >= 0.3 is 5.97 Å². The highest BCUT2D eigenvalue weighted by atomic mass is 32.2. The van der Waals surface area contributed by atoms with Crippen molar-refractivity contribution < 1.29 is 37.4 Å². The Morgan fingerprint density at radius 1 is 1.21 bits per heavy atom. The normalized spacial score (nSPS) is 15.7. The van der Waals surface area contributed by atoms with E-state index in [1.165, 1.54) is 30.0 Å². The maximum absolute atomic E-state index is 13.3. The number of carboxylic acids is 1. The van der Waals surface area contributed by atoms with E-state index in [9.17, 15) is 22.8 Å². The largest absolute Gasteiger partial charge is 0.487 e.